The van der Waals surface area contributed by atoms with E-state index in [4.69, 9.17) is 0 Å². The molecule has 7 heteroatoms. The van der Waals surface area contributed by atoms with Crippen molar-refractivity contribution in [1.82, 2.24) is 9.88 Å². The molecule has 2 unspecified atom stereocenters. The van der Waals surface area contributed by atoms with E-state index >= 15 is 0 Å². The van der Waals surface area contributed by atoms with Gasteiger partial charge in [-0.15, -0.1) is 0 Å². The number of hydrogen-bond acceptors (Lipinski definition) is 3. The van der Waals surface area contributed by atoms with E-state index in [-0.39, 0.29) is 12.1 Å². The molecule has 0 aromatic carbocycles. The molecule has 4 rings (SSSR count). The first kappa shape index (κ1) is 12.3. The highest BCUT2D eigenvalue weighted by Crippen LogP contribution is 2.37. The number of hydrogen-bond donors (Lipinski definition) is 0. The Kier molecular flexibility index (Phi) is 2.65. The van der Waals surface area contributed by atoms with Crippen molar-refractivity contribution in [2.45, 2.75) is 24.7 Å². The van der Waals surface area contributed by atoms with Crippen LogP contribution in [0.1, 0.15) is 6.42 Å². The Labute approximate surface area is 107 Å². The lowest BCUT2D eigenvalue weighted by molar-refractivity contribution is -0.199. The van der Waals surface area contributed by atoms with E-state index in [1.54, 1.807) is 12.3 Å². The molecule has 0 N–H and O–H groups in total. The van der Waals surface area contributed by atoms with Crippen molar-refractivity contribution in [3.63, 3.8) is 0 Å². The third-order valence-electron chi connectivity index (χ3n) is 3.64. The molecule has 4 heterocycles. The Morgan fingerprint density at radius 1 is 1.26 bits per heavy atom. The van der Waals surface area contributed by atoms with Gasteiger partial charge in [-0.2, -0.15) is 13.2 Å². The lowest BCUT2D eigenvalue weighted by Gasteiger charge is -2.56. The lowest BCUT2D eigenvalue weighted by Crippen LogP contribution is -2.72. The van der Waals surface area contributed by atoms with E-state index in [0.717, 1.165) is 10.7 Å². The molecule has 1 aromatic rings. The number of carbonyl (C=O) groups is 1. The number of anilines is 1. The average molecular weight is 271 g/mol. The molecule has 2 atom stereocenters. The maximum absolute atomic E-state index is 12.4. The van der Waals surface area contributed by atoms with Gasteiger partial charge in [-0.25, -0.2) is 4.98 Å². The molecule has 1 amide bonds. The Morgan fingerprint density at radius 2 is 1.95 bits per heavy atom. The first-order valence-electron chi connectivity index (χ1n) is 6.02. The van der Waals surface area contributed by atoms with Crippen molar-refractivity contribution in [2.75, 3.05) is 18.0 Å². The van der Waals surface area contributed by atoms with Gasteiger partial charge in [0.05, 0.1) is 12.1 Å². The van der Waals surface area contributed by atoms with E-state index < -0.39 is 12.1 Å². The molecule has 0 aliphatic carbocycles. The summed E-state index contributed by atoms with van der Waals surface area (Å²) in [6.45, 7) is 0.824. The van der Waals surface area contributed by atoms with E-state index in [0.29, 0.717) is 19.5 Å². The van der Waals surface area contributed by atoms with Gasteiger partial charge < -0.3 is 9.80 Å². The lowest BCUT2D eigenvalue weighted by atomic mass is 9.87. The maximum atomic E-state index is 12.4. The number of pyridine rings is 1. The third-order valence-corrected chi connectivity index (χ3v) is 3.64. The number of nitrogens with zero attached hydrogens (tertiary/aromatic N) is 3. The molecule has 19 heavy (non-hydrogen) atoms. The third kappa shape index (κ3) is 2.02. The van der Waals surface area contributed by atoms with Gasteiger partial charge >= 0.3 is 12.1 Å². The molecule has 2 bridgehead atoms. The number of aromatic nitrogens is 1. The molecule has 4 nitrogen and oxygen atoms in total. The monoisotopic (exact) mass is 271 g/mol. The molecule has 1 aromatic heterocycles. The van der Waals surface area contributed by atoms with E-state index in [9.17, 15) is 18.0 Å². The summed E-state index contributed by atoms with van der Waals surface area (Å²) < 4.78 is 37.3. The second-order valence-electron chi connectivity index (χ2n) is 4.85. The molecule has 3 fully saturated rings. The zero-order chi connectivity index (χ0) is 13.6. The van der Waals surface area contributed by atoms with Crippen LogP contribution in [0.5, 0.6) is 0 Å². The number of fused-ring (bicyclic) bond motifs is 2. The number of piperazine rings is 1. The van der Waals surface area contributed by atoms with Crippen molar-refractivity contribution >= 4 is 11.7 Å². The molecule has 0 saturated carbocycles. The van der Waals surface area contributed by atoms with Crippen LogP contribution in [0.4, 0.5) is 19.0 Å². The van der Waals surface area contributed by atoms with Crippen LogP contribution in [0.3, 0.4) is 0 Å². The van der Waals surface area contributed by atoms with Gasteiger partial charge in [0.1, 0.15) is 5.82 Å². The Bertz CT molecular complexity index is 479. The Balaban J connectivity index is 1.71. The van der Waals surface area contributed by atoms with Crippen molar-refractivity contribution in [2.24, 2.45) is 0 Å². The first-order valence-corrected chi connectivity index (χ1v) is 6.02. The zero-order valence-electron chi connectivity index (χ0n) is 9.97. The van der Waals surface area contributed by atoms with Crippen LogP contribution in [0.2, 0.25) is 0 Å². The minimum Gasteiger partial charge on any atom is -0.352 e. The smallest absolute Gasteiger partial charge is 0.352 e. The zero-order valence-corrected chi connectivity index (χ0v) is 9.97. The Morgan fingerprint density at radius 3 is 2.47 bits per heavy atom. The van der Waals surface area contributed by atoms with Gasteiger partial charge in [0.2, 0.25) is 0 Å². The second-order valence-corrected chi connectivity index (χ2v) is 4.85. The summed E-state index contributed by atoms with van der Waals surface area (Å²) in [5.41, 5.74) is 0. The summed E-state index contributed by atoms with van der Waals surface area (Å²) in [6, 6.07) is 4.74. The van der Waals surface area contributed by atoms with Gasteiger partial charge in [-0.3, -0.25) is 4.79 Å². The highest BCUT2D eigenvalue weighted by atomic mass is 19.4. The van der Waals surface area contributed by atoms with Gasteiger partial charge in [0.25, 0.3) is 0 Å². The Hall–Kier alpha value is -1.79. The number of alkyl halides is 3. The van der Waals surface area contributed by atoms with Crippen molar-refractivity contribution in [1.29, 1.82) is 0 Å². The quantitative estimate of drug-likeness (QED) is 0.775. The summed E-state index contributed by atoms with van der Waals surface area (Å²) >= 11 is 0. The summed E-state index contributed by atoms with van der Waals surface area (Å²) in [5.74, 6) is -0.967. The number of rotatable bonds is 1. The molecule has 0 spiro atoms. The second kappa shape index (κ2) is 4.11. The largest absolute Gasteiger partial charge is 0.471 e. The maximum Gasteiger partial charge on any atom is 0.471 e. The molecular weight excluding hydrogens is 259 g/mol. The first-order chi connectivity index (χ1) is 8.97. The molecule has 0 radical (unpaired) electrons. The van der Waals surface area contributed by atoms with Crippen LogP contribution < -0.4 is 4.90 Å². The topological polar surface area (TPSA) is 36.4 Å². The van der Waals surface area contributed by atoms with Crippen LogP contribution in [0.15, 0.2) is 24.4 Å². The number of halogens is 3. The SMILES string of the molecule is O=C(N1C2CC1CN(c1ccccn1)C2)C(F)(F)F. The van der Waals surface area contributed by atoms with Gasteiger partial charge in [-0.05, 0) is 18.6 Å². The highest BCUT2D eigenvalue weighted by Gasteiger charge is 2.54. The summed E-state index contributed by atoms with van der Waals surface area (Å²) in [4.78, 5) is 18.3. The van der Waals surface area contributed by atoms with Crippen LogP contribution in [0, 0.1) is 0 Å². The molecule has 3 aliphatic rings. The fraction of sp³-hybridized carbons (Fsp3) is 0.500. The highest BCUT2D eigenvalue weighted by molar-refractivity contribution is 5.83. The minimum atomic E-state index is -4.77. The predicted octanol–water partition coefficient (Wildman–Crippen LogP) is 1.43. The van der Waals surface area contributed by atoms with Crippen molar-refractivity contribution in [3.8, 4) is 0 Å². The fourth-order valence-electron chi connectivity index (χ4n) is 2.82. The standard InChI is InChI=1S/C12H12F3N3O/c13-12(14,15)11(19)18-8-5-9(18)7-17(6-8)10-3-1-2-4-16-10/h1-4,8-9H,5-7H2. The van der Waals surface area contributed by atoms with E-state index in [1.807, 2.05) is 17.0 Å². The van der Waals surface area contributed by atoms with Crippen LogP contribution >= 0.6 is 0 Å². The molecule has 3 saturated heterocycles. The fourth-order valence-corrected chi connectivity index (χ4v) is 2.82. The van der Waals surface area contributed by atoms with Crippen molar-refractivity contribution in [3.05, 3.63) is 24.4 Å². The van der Waals surface area contributed by atoms with Crippen LogP contribution in [0.25, 0.3) is 0 Å². The molecule has 3 aliphatic heterocycles. The van der Waals surface area contributed by atoms with Gasteiger partial charge in [-0.1, -0.05) is 6.07 Å². The molecule has 102 valence electrons. The van der Waals surface area contributed by atoms with Gasteiger partial charge in [0.15, 0.2) is 0 Å². The number of carbonyl (C=O) groups excluding carboxylic acids is 1. The summed E-state index contributed by atoms with van der Waals surface area (Å²) in [6.07, 6.45) is -2.48. The number of amides is 1. The minimum absolute atomic E-state index is 0.352. The van der Waals surface area contributed by atoms with Crippen molar-refractivity contribution < 1.29 is 18.0 Å². The summed E-state index contributed by atoms with van der Waals surface area (Å²) in [7, 11) is 0. The molecular formula is C12H12F3N3O. The van der Waals surface area contributed by atoms with Gasteiger partial charge in [0, 0.05) is 19.3 Å². The van der Waals surface area contributed by atoms with Crippen LogP contribution in [-0.2, 0) is 4.79 Å². The predicted molar refractivity (Wildman–Crippen MR) is 61.5 cm³/mol. The van der Waals surface area contributed by atoms with E-state index in [1.165, 1.54) is 0 Å². The average Bonchev–Trinajstić information content (AvgIpc) is 2.38. The normalized spacial score (nSPS) is 26.1. The summed E-state index contributed by atoms with van der Waals surface area (Å²) in [5, 5.41) is 0. The van der Waals surface area contributed by atoms with Crippen LogP contribution in [-0.4, -0.2) is 47.1 Å². The number of piperidine rings is 1. The van der Waals surface area contributed by atoms with E-state index in [2.05, 4.69) is 4.98 Å².